The summed E-state index contributed by atoms with van der Waals surface area (Å²) in [6, 6.07) is 10.3. The molecule has 0 saturated heterocycles. The minimum atomic E-state index is -0.370. The Balaban J connectivity index is 2.04. The van der Waals surface area contributed by atoms with E-state index in [9.17, 15) is 4.79 Å². The average Bonchev–Trinajstić information content (AvgIpc) is 2.92. The van der Waals surface area contributed by atoms with Crippen molar-refractivity contribution >= 4 is 50.7 Å². The van der Waals surface area contributed by atoms with Crippen LogP contribution in [-0.4, -0.2) is 16.6 Å². The third-order valence-corrected chi connectivity index (χ3v) is 5.15. The fraction of sp³-hybridized carbons (Fsp3) is 0.200. The first-order valence-electron chi connectivity index (χ1n) is 8.16. The lowest BCUT2D eigenvalue weighted by molar-refractivity contribution is 0.0998. The first-order valence-corrected chi connectivity index (χ1v) is 9.74. The number of carbonyl (C=O) groups excluding carboxylic acids is 1. The van der Waals surface area contributed by atoms with E-state index in [1.807, 2.05) is 13.8 Å². The van der Waals surface area contributed by atoms with E-state index in [0.717, 1.165) is 10.2 Å². The van der Waals surface area contributed by atoms with Gasteiger partial charge in [0.15, 0.2) is 4.80 Å². The topological polar surface area (TPSA) is 43.6 Å². The monoisotopic (exact) mass is 418 g/mol. The van der Waals surface area contributed by atoms with E-state index in [1.165, 1.54) is 11.3 Å². The van der Waals surface area contributed by atoms with E-state index in [4.69, 9.17) is 34.4 Å². The first-order chi connectivity index (χ1) is 12.9. The van der Waals surface area contributed by atoms with Crippen LogP contribution in [0.15, 0.2) is 41.4 Å². The maximum absolute atomic E-state index is 12.6. The molecule has 0 fully saturated rings. The number of fused-ring (bicyclic) bond motifs is 1. The zero-order valence-electron chi connectivity index (χ0n) is 14.7. The van der Waals surface area contributed by atoms with Crippen molar-refractivity contribution in [2.24, 2.45) is 4.99 Å². The van der Waals surface area contributed by atoms with Crippen molar-refractivity contribution in [1.29, 1.82) is 0 Å². The number of nitrogens with zero attached hydrogens (tertiary/aromatic N) is 2. The van der Waals surface area contributed by atoms with Crippen LogP contribution in [0.3, 0.4) is 0 Å². The highest BCUT2D eigenvalue weighted by molar-refractivity contribution is 7.16. The summed E-state index contributed by atoms with van der Waals surface area (Å²) in [4.78, 5) is 17.3. The minimum Gasteiger partial charge on any atom is -0.491 e. The van der Waals surface area contributed by atoms with Crippen LogP contribution in [0.5, 0.6) is 5.75 Å². The van der Waals surface area contributed by atoms with E-state index in [-0.39, 0.29) is 18.6 Å². The molecule has 1 aromatic heterocycles. The van der Waals surface area contributed by atoms with Crippen LogP contribution >= 0.6 is 34.5 Å². The minimum absolute atomic E-state index is 0.0640. The SMILES string of the molecule is C#CCn1c(=NC(=O)c2ccc(OC(C)C)cc2)sc2cc(Cl)cc(Cl)c21. The van der Waals surface area contributed by atoms with Crippen LogP contribution in [-0.2, 0) is 6.54 Å². The summed E-state index contributed by atoms with van der Waals surface area (Å²) in [7, 11) is 0. The van der Waals surface area contributed by atoms with E-state index in [0.29, 0.717) is 26.2 Å². The van der Waals surface area contributed by atoms with Gasteiger partial charge in [-0.05, 0) is 50.2 Å². The van der Waals surface area contributed by atoms with Gasteiger partial charge in [0.1, 0.15) is 5.75 Å². The summed E-state index contributed by atoms with van der Waals surface area (Å²) in [6.07, 6.45) is 5.55. The Kier molecular flexibility index (Phi) is 5.91. The van der Waals surface area contributed by atoms with Crippen molar-refractivity contribution < 1.29 is 9.53 Å². The molecule has 0 atom stereocenters. The summed E-state index contributed by atoms with van der Waals surface area (Å²) >= 11 is 13.7. The van der Waals surface area contributed by atoms with Crippen LogP contribution in [0.25, 0.3) is 10.2 Å². The zero-order valence-corrected chi connectivity index (χ0v) is 17.0. The van der Waals surface area contributed by atoms with Gasteiger partial charge in [-0.15, -0.1) is 6.42 Å². The van der Waals surface area contributed by atoms with Crippen LogP contribution in [0, 0.1) is 12.3 Å². The molecule has 27 heavy (non-hydrogen) atoms. The summed E-state index contributed by atoms with van der Waals surface area (Å²) in [5.41, 5.74) is 1.18. The third kappa shape index (κ3) is 4.36. The molecule has 4 nitrogen and oxygen atoms in total. The summed E-state index contributed by atoms with van der Waals surface area (Å²) in [5, 5.41) is 0.980. The molecule has 0 radical (unpaired) electrons. The molecule has 1 amide bonds. The zero-order chi connectivity index (χ0) is 19.6. The van der Waals surface area contributed by atoms with E-state index >= 15 is 0 Å². The molecule has 1 heterocycles. The van der Waals surface area contributed by atoms with E-state index < -0.39 is 0 Å². The lowest BCUT2D eigenvalue weighted by Gasteiger charge is -2.09. The molecule has 0 N–H and O–H groups in total. The quantitative estimate of drug-likeness (QED) is 0.548. The molecule has 3 aromatic rings. The van der Waals surface area contributed by atoms with Gasteiger partial charge in [-0.3, -0.25) is 4.79 Å². The Morgan fingerprint density at radius 3 is 2.63 bits per heavy atom. The smallest absolute Gasteiger partial charge is 0.279 e. The Hall–Kier alpha value is -2.26. The van der Waals surface area contributed by atoms with Gasteiger partial charge in [-0.2, -0.15) is 4.99 Å². The lowest BCUT2D eigenvalue weighted by Crippen LogP contribution is -2.16. The van der Waals surface area contributed by atoms with Crippen LogP contribution in [0.1, 0.15) is 24.2 Å². The molecule has 0 aliphatic carbocycles. The van der Waals surface area contributed by atoms with Crippen molar-refractivity contribution in [3.63, 3.8) is 0 Å². The number of hydrogen-bond acceptors (Lipinski definition) is 3. The Morgan fingerprint density at radius 2 is 2.00 bits per heavy atom. The second kappa shape index (κ2) is 8.18. The van der Waals surface area contributed by atoms with Gasteiger partial charge in [-0.1, -0.05) is 40.5 Å². The van der Waals surface area contributed by atoms with Gasteiger partial charge in [0.25, 0.3) is 5.91 Å². The molecule has 0 aliphatic rings. The van der Waals surface area contributed by atoms with E-state index in [1.54, 1.807) is 41.0 Å². The highest BCUT2D eigenvalue weighted by Crippen LogP contribution is 2.29. The second-order valence-electron chi connectivity index (χ2n) is 6.02. The number of hydrogen-bond donors (Lipinski definition) is 0. The Morgan fingerprint density at radius 1 is 1.30 bits per heavy atom. The molecule has 0 unspecified atom stereocenters. The van der Waals surface area contributed by atoms with Crippen LogP contribution in [0.2, 0.25) is 10.0 Å². The Bertz CT molecular complexity index is 1110. The van der Waals surface area contributed by atoms with Crippen molar-refractivity contribution in [3.05, 3.63) is 56.8 Å². The predicted molar refractivity (Wildman–Crippen MR) is 111 cm³/mol. The molecule has 0 spiro atoms. The molecule has 7 heteroatoms. The number of ether oxygens (including phenoxy) is 1. The second-order valence-corrected chi connectivity index (χ2v) is 7.87. The maximum Gasteiger partial charge on any atom is 0.279 e. The number of benzene rings is 2. The summed E-state index contributed by atoms with van der Waals surface area (Å²) < 4.78 is 8.15. The average molecular weight is 419 g/mol. The van der Waals surface area contributed by atoms with Crippen LogP contribution < -0.4 is 9.54 Å². The summed E-state index contributed by atoms with van der Waals surface area (Å²) in [6.45, 7) is 4.13. The summed E-state index contributed by atoms with van der Waals surface area (Å²) in [5.74, 6) is 2.90. The molecular weight excluding hydrogens is 403 g/mol. The standard InChI is InChI=1S/C20H16Cl2N2O2S/c1-4-9-24-18-16(22)10-14(21)11-17(18)27-20(24)23-19(25)13-5-7-15(8-6-13)26-12(2)3/h1,5-8,10-12H,9H2,2-3H3. The maximum atomic E-state index is 12.6. The fourth-order valence-electron chi connectivity index (χ4n) is 2.55. The lowest BCUT2D eigenvalue weighted by atomic mass is 10.2. The molecule has 2 aromatic carbocycles. The first kappa shape index (κ1) is 19.5. The Labute approximate surface area is 171 Å². The van der Waals surface area contributed by atoms with Crippen molar-refractivity contribution in [2.45, 2.75) is 26.5 Å². The van der Waals surface area contributed by atoms with Gasteiger partial charge >= 0.3 is 0 Å². The number of amides is 1. The third-order valence-electron chi connectivity index (χ3n) is 3.61. The molecule has 3 rings (SSSR count). The fourth-order valence-corrected chi connectivity index (χ4v) is 4.36. The number of terminal acetylenes is 1. The van der Waals surface area contributed by atoms with Crippen molar-refractivity contribution in [2.75, 3.05) is 0 Å². The molecular formula is C20H16Cl2N2O2S. The number of rotatable bonds is 4. The number of thiazole rings is 1. The van der Waals surface area contributed by atoms with E-state index in [2.05, 4.69) is 10.9 Å². The van der Waals surface area contributed by atoms with Gasteiger partial charge in [0.2, 0.25) is 0 Å². The number of aromatic nitrogens is 1. The van der Waals surface area contributed by atoms with Gasteiger partial charge < -0.3 is 9.30 Å². The molecule has 0 aliphatic heterocycles. The van der Waals surface area contributed by atoms with Crippen molar-refractivity contribution in [3.8, 4) is 18.1 Å². The highest BCUT2D eigenvalue weighted by Gasteiger charge is 2.13. The normalized spacial score (nSPS) is 11.8. The largest absolute Gasteiger partial charge is 0.491 e. The van der Waals surface area contributed by atoms with Gasteiger partial charge in [0, 0.05) is 10.6 Å². The molecule has 0 saturated carbocycles. The highest BCUT2D eigenvalue weighted by atomic mass is 35.5. The predicted octanol–water partition coefficient (Wildman–Crippen LogP) is 5.17. The van der Waals surface area contributed by atoms with Crippen LogP contribution in [0.4, 0.5) is 0 Å². The number of carbonyl (C=O) groups is 1. The van der Waals surface area contributed by atoms with Gasteiger partial charge in [-0.25, -0.2) is 0 Å². The van der Waals surface area contributed by atoms with Crippen molar-refractivity contribution in [1.82, 2.24) is 4.57 Å². The molecule has 0 bridgehead atoms. The molecule has 138 valence electrons. The number of halogens is 2. The van der Waals surface area contributed by atoms with Gasteiger partial charge in [0.05, 0.1) is 27.9 Å².